The molecular weight excluding hydrogens is 304 g/mol. The molecule has 0 bridgehead atoms. The molecule has 0 aliphatic rings. The zero-order valence-electron chi connectivity index (χ0n) is 11.3. The van der Waals surface area contributed by atoms with Gasteiger partial charge in [0.05, 0.1) is 4.88 Å². The highest BCUT2D eigenvalue weighted by Crippen LogP contribution is 2.17. The summed E-state index contributed by atoms with van der Waals surface area (Å²) < 4.78 is 0. The summed E-state index contributed by atoms with van der Waals surface area (Å²) in [5.41, 5.74) is 0.974. The van der Waals surface area contributed by atoms with Gasteiger partial charge in [-0.1, -0.05) is 12.1 Å². The maximum Gasteiger partial charge on any atom is 0.328 e. The lowest BCUT2D eigenvalue weighted by molar-refractivity contribution is -0.131. The summed E-state index contributed by atoms with van der Waals surface area (Å²) in [6.45, 7) is 0. The molecule has 0 spiro atoms. The molecule has 0 aliphatic carbocycles. The van der Waals surface area contributed by atoms with Gasteiger partial charge in [-0.15, -0.1) is 11.3 Å². The molecule has 0 atom stereocenters. The average Bonchev–Trinajstić information content (AvgIpc) is 3.00. The van der Waals surface area contributed by atoms with Crippen LogP contribution in [0.1, 0.15) is 9.67 Å². The smallest absolute Gasteiger partial charge is 0.328 e. The fourth-order valence-electron chi connectivity index (χ4n) is 1.61. The molecule has 22 heavy (non-hydrogen) atoms. The van der Waals surface area contributed by atoms with Crippen LogP contribution in [0.15, 0.2) is 53.9 Å². The average molecular weight is 316 g/mol. The van der Waals surface area contributed by atoms with Crippen molar-refractivity contribution in [1.29, 1.82) is 0 Å². The van der Waals surface area contributed by atoms with E-state index in [9.17, 15) is 14.4 Å². The van der Waals surface area contributed by atoms with E-state index in [2.05, 4.69) is 10.6 Å². The Balaban J connectivity index is 2.02. The molecular formula is C15H12N2O4S. The number of amides is 2. The Morgan fingerprint density at radius 1 is 1.00 bits per heavy atom. The SMILES string of the molecule is O=C(O)/C=C\C(=O)Nc1cccc(NC(=O)c2cccs2)c1. The van der Waals surface area contributed by atoms with Crippen molar-refractivity contribution in [2.75, 3.05) is 10.6 Å². The molecule has 1 aromatic carbocycles. The largest absolute Gasteiger partial charge is 0.478 e. The van der Waals surface area contributed by atoms with Gasteiger partial charge >= 0.3 is 5.97 Å². The highest BCUT2D eigenvalue weighted by molar-refractivity contribution is 7.12. The fraction of sp³-hybridized carbons (Fsp3) is 0. The fourth-order valence-corrected chi connectivity index (χ4v) is 2.23. The molecule has 2 rings (SSSR count). The Morgan fingerprint density at radius 2 is 1.73 bits per heavy atom. The van der Waals surface area contributed by atoms with Gasteiger partial charge in [0.2, 0.25) is 5.91 Å². The second kappa shape index (κ2) is 7.19. The van der Waals surface area contributed by atoms with E-state index in [1.54, 1.807) is 41.8 Å². The van der Waals surface area contributed by atoms with Crippen molar-refractivity contribution in [1.82, 2.24) is 0 Å². The van der Waals surface area contributed by atoms with Crippen LogP contribution in [0.5, 0.6) is 0 Å². The molecule has 0 saturated heterocycles. The summed E-state index contributed by atoms with van der Waals surface area (Å²) in [5.74, 6) is -2.00. The second-order valence-corrected chi connectivity index (χ2v) is 5.12. The first-order chi connectivity index (χ1) is 10.5. The van der Waals surface area contributed by atoms with Crippen LogP contribution in [0.25, 0.3) is 0 Å². The van der Waals surface area contributed by atoms with E-state index in [1.807, 2.05) is 0 Å². The van der Waals surface area contributed by atoms with Gasteiger partial charge in [-0.3, -0.25) is 9.59 Å². The summed E-state index contributed by atoms with van der Waals surface area (Å²) in [7, 11) is 0. The number of aliphatic carboxylic acids is 1. The van der Waals surface area contributed by atoms with E-state index < -0.39 is 11.9 Å². The Hall–Kier alpha value is -2.93. The highest BCUT2D eigenvalue weighted by atomic mass is 32.1. The first-order valence-corrected chi connectivity index (χ1v) is 7.09. The molecule has 7 heteroatoms. The minimum atomic E-state index is -1.20. The van der Waals surface area contributed by atoms with E-state index in [-0.39, 0.29) is 5.91 Å². The number of anilines is 2. The maximum absolute atomic E-state index is 11.9. The van der Waals surface area contributed by atoms with E-state index >= 15 is 0 Å². The summed E-state index contributed by atoms with van der Waals surface area (Å²) in [6.07, 6.45) is 1.66. The van der Waals surface area contributed by atoms with Gasteiger partial charge in [-0.05, 0) is 29.6 Å². The molecule has 2 amide bonds. The quantitative estimate of drug-likeness (QED) is 0.739. The molecule has 0 radical (unpaired) electrons. The number of hydrogen-bond acceptors (Lipinski definition) is 4. The molecule has 0 fully saturated rings. The van der Waals surface area contributed by atoms with Crippen molar-refractivity contribution in [2.45, 2.75) is 0 Å². The van der Waals surface area contributed by atoms with Crippen molar-refractivity contribution in [3.63, 3.8) is 0 Å². The van der Waals surface area contributed by atoms with Crippen molar-refractivity contribution >= 4 is 40.5 Å². The van der Waals surface area contributed by atoms with Gasteiger partial charge in [-0.25, -0.2) is 4.79 Å². The predicted molar refractivity (Wildman–Crippen MR) is 84.1 cm³/mol. The molecule has 1 aromatic heterocycles. The Kier molecular flexibility index (Phi) is 5.05. The third kappa shape index (κ3) is 4.57. The summed E-state index contributed by atoms with van der Waals surface area (Å²) in [6, 6.07) is 10.1. The molecule has 6 nitrogen and oxygen atoms in total. The number of rotatable bonds is 5. The minimum Gasteiger partial charge on any atom is -0.478 e. The molecule has 2 aromatic rings. The standard InChI is InChI=1S/C15H12N2O4S/c18-13(6-7-14(19)20)16-10-3-1-4-11(9-10)17-15(21)12-5-2-8-22-12/h1-9H,(H,16,18)(H,17,21)(H,19,20)/b7-6-. The number of nitrogens with one attached hydrogen (secondary N) is 2. The van der Waals surface area contributed by atoms with Crippen LogP contribution >= 0.6 is 11.3 Å². The van der Waals surface area contributed by atoms with Crippen LogP contribution in [0.3, 0.4) is 0 Å². The van der Waals surface area contributed by atoms with Crippen LogP contribution in [0, 0.1) is 0 Å². The van der Waals surface area contributed by atoms with Gasteiger partial charge in [0, 0.05) is 23.5 Å². The summed E-state index contributed by atoms with van der Waals surface area (Å²) >= 11 is 1.33. The number of thiophene rings is 1. The monoisotopic (exact) mass is 316 g/mol. The zero-order chi connectivity index (χ0) is 15.9. The Labute approximate surface area is 130 Å². The summed E-state index contributed by atoms with van der Waals surface area (Å²) in [5, 5.41) is 15.5. The third-order valence-electron chi connectivity index (χ3n) is 2.51. The van der Waals surface area contributed by atoms with E-state index in [1.165, 1.54) is 11.3 Å². The first kappa shape index (κ1) is 15.5. The lowest BCUT2D eigenvalue weighted by atomic mass is 10.2. The van der Waals surface area contributed by atoms with E-state index in [0.717, 1.165) is 12.2 Å². The van der Waals surface area contributed by atoms with Crippen LogP contribution in [0.2, 0.25) is 0 Å². The lowest BCUT2D eigenvalue weighted by Crippen LogP contribution is -2.11. The van der Waals surface area contributed by atoms with Crippen molar-refractivity contribution in [3.8, 4) is 0 Å². The first-order valence-electron chi connectivity index (χ1n) is 6.21. The van der Waals surface area contributed by atoms with Crippen molar-refractivity contribution in [3.05, 3.63) is 58.8 Å². The number of carboxylic acid groups (broad SMARTS) is 1. The van der Waals surface area contributed by atoms with Crippen molar-refractivity contribution in [2.24, 2.45) is 0 Å². The third-order valence-corrected chi connectivity index (χ3v) is 3.38. The topological polar surface area (TPSA) is 95.5 Å². The minimum absolute atomic E-state index is 0.232. The normalized spacial score (nSPS) is 10.4. The molecule has 112 valence electrons. The van der Waals surface area contributed by atoms with Gasteiger partial charge in [0.25, 0.3) is 5.91 Å². The number of carboxylic acids is 1. The second-order valence-electron chi connectivity index (χ2n) is 4.17. The molecule has 1 heterocycles. The van der Waals surface area contributed by atoms with Gasteiger partial charge in [0.15, 0.2) is 0 Å². The van der Waals surface area contributed by atoms with E-state index in [4.69, 9.17) is 5.11 Å². The van der Waals surface area contributed by atoms with Crippen LogP contribution in [-0.4, -0.2) is 22.9 Å². The number of carbonyl (C=O) groups is 3. The van der Waals surface area contributed by atoms with E-state index in [0.29, 0.717) is 16.3 Å². The highest BCUT2D eigenvalue weighted by Gasteiger charge is 2.07. The molecule has 3 N–H and O–H groups in total. The Bertz CT molecular complexity index is 723. The number of carbonyl (C=O) groups excluding carboxylic acids is 2. The lowest BCUT2D eigenvalue weighted by Gasteiger charge is -2.07. The van der Waals surface area contributed by atoms with Crippen molar-refractivity contribution < 1.29 is 19.5 Å². The van der Waals surface area contributed by atoms with Crippen LogP contribution in [0.4, 0.5) is 11.4 Å². The van der Waals surface area contributed by atoms with Gasteiger partial charge < -0.3 is 15.7 Å². The Morgan fingerprint density at radius 3 is 2.36 bits per heavy atom. The van der Waals surface area contributed by atoms with Crippen LogP contribution in [-0.2, 0) is 9.59 Å². The molecule has 0 unspecified atom stereocenters. The molecule has 0 aliphatic heterocycles. The molecule has 0 saturated carbocycles. The van der Waals surface area contributed by atoms with Crippen LogP contribution < -0.4 is 10.6 Å². The number of benzene rings is 1. The zero-order valence-corrected chi connectivity index (χ0v) is 12.1. The summed E-state index contributed by atoms with van der Waals surface area (Å²) in [4.78, 5) is 34.3. The maximum atomic E-state index is 11.9. The number of hydrogen-bond donors (Lipinski definition) is 3. The van der Waals surface area contributed by atoms with Gasteiger partial charge in [-0.2, -0.15) is 0 Å². The predicted octanol–water partition coefficient (Wildman–Crippen LogP) is 2.58. The van der Waals surface area contributed by atoms with Gasteiger partial charge in [0.1, 0.15) is 0 Å².